The maximum Gasteiger partial charge on any atom is 0.0469 e. The van der Waals surface area contributed by atoms with Gasteiger partial charge >= 0.3 is 0 Å². The van der Waals surface area contributed by atoms with E-state index >= 15 is 0 Å². The Morgan fingerprint density at radius 3 is 2.80 bits per heavy atom. The highest BCUT2D eigenvalue weighted by molar-refractivity contribution is 4.90. The van der Waals surface area contributed by atoms with Crippen LogP contribution in [0.2, 0.25) is 0 Å². The molecule has 2 atom stereocenters. The molecule has 88 valence electrons. The molecule has 4 heteroatoms. The zero-order valence-electron chi connectivity index (χ0n) is 9.61. The predicted octanol–water partition coefficient (Wildman–Crippen LogP) is -0.356. The van der Waals surface area contributed by atoms with E-state index in [2.05, 4.69) is 17.3 Å². The lowest BCUT2D eigenvalue weighted by molar-refractivity contribution is 0.0409. The number of ether oxygens (including phenoxy) is 1. The normalized spacial score (nSPS) is 32.8. The summed E-state index contributed by atoms with van der Waals surface area (Å²) in [5.74, 6) is 0.645. The van der Waals surface area contributed by atoms with E-state index in [0.29, 0.717) is 18.0 Å². The van der Waals surface area contributed by atoms with E-state index in [1.54, 1.807) is 0 Å². The Bertz CT molecular complexity index is 194. The van der Waals surface area contributed by atoms with Crippen LogP contribution < -0.4 is 11.1 Å². The Morgan fingerprint density at radius 1 is 1.40 bits per heavy atom. The molecule has 0 bridgehead atoms. The first-order valence-corrected chi connectivity index (χ1v) is 6.03. The molecule has 0 saturated carbocycles. The van der Waals surface area contributed by atoms with Gasteiger partial charge in [0.2, 0.25) is 0 Å². The quantitative estimate of drug-likeness (QED) is 0.658. The van der Waals surface area contributed by atoms with Crippen molar-refractivity contribution in [3.63, 3.8) is 0 Å². The van der Waals surface area contributed by atoms with E-state index in [1.165, 1.54) is 0 Å². The van der Waals surface area contributed by atoms with E-state index in [0.717, 1.165) is 45.7 Å². The molecule has 2 saturated heterocycles. The van der Waals surface area contributed by atoms with Crippen LogP contribution in [0.15, 0.2) is 0 Å². The second-order valence-corrected chi connectivity index (χ2v) is 4.78. The van der Waals surface area contributed by atoms with Gasteiger partial charge in [-0.05, 0) is 25.8 Å². The van der Waals surface area contributed by atoms with E-state index in [-0.39, 0.29) is 0 Å². The number of rotatable bonds is 2. The fraction of sp³-hybridized carbons (Fsp3) is 1.00. The van der Waals surface area contributed by atoms with Crippen molar-refractivity contribution >= 4 is 0 Å². The molecule has 2 rings (SSSR count). The van der Waals surface area contributed by atoms with Crippen LogP contribution in [0.1, 0.15) is 12.8 Å². The molecular formula is C11H23N3O. The molecule has 0 spiro atoms. The fourth-order valence-electron chi connectivity index (χ4n) is 2.67. The van der Waals surface area contributed by atoms with Gasteiger partial charge in [-0.2, -0.15) is 0 Å². The van der Waals surface area contributed by atoms with Crippen LogP contribution in [0.4, 0.5) is 0 Å². The van der Waals surface area contributed by atoms with Gasteiger partial charge in [0.05, 0.1) is 0 Å². The average Bonchev–Trinajstić information content (AvgIpc) is 2.30. The van der Waals surface area contributed by atoms with Crippen molar-refractivity contribution in [2.24, 2.45) is 11.7 Å². The summed E-state index contributed by atoms with van der Waals surface area (Å²) in [5.41, 5.74) is 6.38. The number of likely N-dealkylation sites (N-methyl/N-ethyl adjacent to an activating group) is 1. The lowest BCUT2D eigenvalue weighted by Crippen LogP contribution is -2.59. The third kappa shape index (κ3) is 2.69. The summed E-state index contributed by atoms with van der Waals surface area (Å²) < 4.78 is 5.38. The third-order valence-corrected chi connectivity index (χ3v) is 3.82. The molecule has 4 nitrogen and oxygen atoms in total. The zero-order valence-corrected chi connectivity index (χ0v) is 9.61. The minimum atomic E-state index is 0.298. The lowest BCUT2D eigenvalue weighted by Gasteiger charge is -2.41. The van der Waals surface area contributed by atoms with E-state index < -0.39 is 0 Å². The zero-order chi connectivity index (χ0) is 10.7. The van der Waals surface area contributed by atoms with Gasteiger partial charge < -0.3 is 15.8 Å². The number of nitrogens with two attached hydrogens (primary N) is 1. The van der Waals surface area contributed by atoms with Crippen molar-refractivity contribution in [3.8, 4) is 0 Å². The number of hydrogen-bond acceptors (Lipinski definition) is 4. The van der Waals surface area contributed by atoms with Crippen LogP contribution in [-0.4, -0.2) is 56.9 Å². The van der Waals surface area contributed by atoms with Gasteiger partial charge in [0.25, 0.3) is 0 Å². The molecule has 0 aromatic carbocycles. The summed E-state index contributed by atoms with van der Waals surface area (Å²) in [5, 5.41) is 3.43. The molecule has 2 fully saturated rings. The highest BCUT2D eigenvalue weighted by Crippen LogP contribution is 2.21. The minimum Gasteiger partial charge on any atom is -0.381 e. The molecule has 0 radical (unpaired) electrons. The van der Waals surface area contributed by atoms with E-state index in [1.807, 2.05) is 0 Å². The summed E-state index contributed by atoms with van der Waals surface area (Å²) in [6.07, 6.45) is 2.26. The second-order valence-electron chi connectivity index (χ2n) is 4.78. The van der Waals surface area contributed by atoms with Crippen LogP contribution >= 0.6 is 0 Å². The summed E-state index contributed by atoms with van der Waals surface area (Å²) in [4.78, 5) is 2.40. The van der Waals surface area contributed by atoms with Gasteiger partial charge in [-0.15, -0.1) is 0 Å². The van der Waals surface area contributed by atoms with Crippen LogP contribution in [0.5, 0.6) is 0 Å². The Morgan fingerprint density at radius 2 is 2.13 bits per heavy atom. The number of piperazine rings is 1. The van der Waals surface area contributed by atoms with E-state index in [9.17, 15) is 0 Å². The van der Waals surface area contributed by atoms with Crippen LogP contribution in [-0.2, 0) is 4.74 Å². The van der Waals surface area contributed by atoms with Crippen LogP contribution in [0.25, 0.3) is 0 Å². The Kier molecular flexibility index (Phi) is 3.97. The first-order valence-electron chi connectivity index (χ1n) is 6.03. The molecule has 15 heavy (non-hydrogen) atoms. The highest BCUT2D eigenvalue weighted by atomic mass is 16.5. The first-order chi connectivity index (χ1) is 7.29. The fourth-order valence-corrected chi connectivity index (χ4v) is 2.67. The van der Waals surface area contributed by atoms with Crippen molar-refractivity contribution in [2.45, 2.75) is 24.9 Å². The van der Waals surface area contributed by atoms with Crippen molar-refractivity contribution in [2.75, 3.05) is 39.9 Å². The topological polar surface area (TPSA) is 50.5 Å². The predicted molar refractivity (Wildman–Crippen MR) is 60.8 cm³/mol. The summed E-state index contributed by atoms with van der Waals surface area (Å²) in [7, 11) is 2.19. The maximum absolute atomic E-state index is 6.38. The van der Waals surface area contributed by atoms with Gasteiger partial charge in [0.1, 0.15) is 0 Å². The molecule has 0 aliphatic carbocycles. The molecule has 0 amide bonds. The summed E-state index contributed by atoms with van der Waals surface area (Å²) in [6.45, 7) is 5.02. The number of hydrogen-bond donors (Lipinski definition) is 2. The molecule has 3 N–H and O–H groups in total. The van der Waals surface area contributed by atoms with Gasteiger partial charge in [0, 0.05) is 44.9 Å². The van der Waals surface area contributed by atoms with Crippen molar-refractivity contribution in [3.05, 3.63) is 0 Å². The van der Waals surface area contributed by atoms with Crippen molar-refractivity contribution < 1.29 is 4.74 Å². The Hall–Kier alpha value is -0.160. The molecule has 2 aliphatic heterocycles. The SMILES string of the molecule is CN1CCNCC1C(N)C1CCOCC1. The monoisotopic (exact) mass is 213 g/mol. The number of nitrogens with one attached hydrogen (secondary N) is 1. The molecular weight excluding hydrogens is 190 g/mol. The van der Waals surface area contributed by atoms with Gasteiger partial charge in [0.15, 0.2) is 0 Å². The molecule has 2 heterocycles. The largest absolute Gasteiger partial charge is 0.381 e. The molecule has 0 aromatic heterocycles. The second kappa shape index (κ2) is 5.25. The third-order valence-electron chi connectivity index (χ3n) is 3.82. The van der Waals surface area contributed by atoms with Gasteiger partial charge in [-0.25, -0.2) is 0 Å². The average molecular weight is 213 g/mol. The Labute approximate surface area is 92.1 Å². The highest BCUT2D eigenvalue weighted by Gasteiger charge is 2.31. The standard InChI is InChI=1S/C11H23N3O/c1-14-5-4-13-8-10(14)11(12)9-2-6-15-7-3-9/h9-11,13H,2-8,12H2,1H3. The van der Waals surface area contributed by atoms with Gasteiger partial charge in [-0.1, -0.05) is 0 Å². The van der Waals surface area contributed by atoms with Crippen molar-refractivity contribution in [1.29, 1.82) is 0 Å². The smallest absolute Gasteiger partial charge is 0.0469 e. The summed E-state index contributed by atoms with van der Waals surface area (Å²) >= 11 is 0. The van der Waals surface area contributed by atoms with Gasteiger partial charge in [-0.3, -0.25) is 4.90 Å². The minimum absolute atomic E-state index is 0.298. The van der Waals surface area contributed by atoms with Crippen molar-refractivity contribution in [1.82, 2.24) is 10.2 Å². The number of nitrogens with zero attached hydrogens (tertiary/aromatic N) is 1. The lowest BCUT2D eigenvalue weighted by atomic mass is 9.86. The molecule has 0 aromatic rings. The van der Waals surface area contributed by atoms with Crippen LogP contribution in [0.3, 0.4) is 0 Å². The first kappa shape index (κ1) is 11.3. The molecule has 2 aliphatic rings. The maximum atomic E-state index is 6.38. The van der Waals surface area contributed by atoms with Crippen LogP contribution in [0, 0.1) is 5.92 Å². The summed E-state index contributed by atoms with van der Waals surface area (Å²) in [6, 6.07) is 0.800. The van der Waals surface area contributed by atoms with E-state index in [4.69, 9.17) is 10.5 Å². The Balaban J connectivity index is 1.89. The molecule has 2 unspecified atom stereocenters.